The molecule has 0 aliphatic rings. The fraction of sp³-hybridized carbons (Fsp3) is 0.136. The molecule has 3 rings (SSSR count). The molecule has 144 valence electrons. The molecule has 0 aromatic heterocycles. The highest BCUT2D eigenvalue weighted by Crippen LogP contribution is 2.25. The van der Waals surface area contributed by atoms with Gasteiger partial charge in [-0.3, -0.25) is 4.79 Å². The lowest BCUT2D eigenvalue weighted by Gasteiger charge is -2.20. The van der Waals surface area contributed by atoms with E-state index < -0.39 is 9.84 Å². The molecular weight excluding hydrogens is 394 g/mol. The Morgan fingerprint density at radius 3 is 2.14 bits per heavy atom. The largest absolute Gasteiger partial charge is 0.341 e. The number of nitrogens with one attached hydrogen (secondary N) is 1. The highest BCUT2D eigenvalue weighted by atomic mass is 35.5. The Kier molecular flexibility index (Phi) is 5.87. The van der Waals surface area contributed by atoms with Crippen LogP contribution < -0.4 is 5.32 Å². The van der Waals surface area contributed by atoms with Gasteiger partial charge in [-0.05, 0) is 36.2 Å². The normalized spacial score (nSPS) is 12.4. The molecule has 0 aliphatic heterocycles. The van der Waals surface area contributed by atoms with Crippen LogP contribution in [0.2, 0.25) is 5.02 Å². The van der Waals surface area contributed by atoms with E-state index in [1.165, 1.54) is 18.2 Å². The topological polar surface area (TPSA) is 63.2 Å². The fourth-order valence-electron chi connectivity index (χ4n) is 2.91. The second kappa shape index (κ2) is 8.17. The highest BCUT2D eigenvalue weighted by Gasteiger charge is 2.20. The zero-order chi connectivity index (χ0) is 20.3. The molecule has 0 saturated carbocycles. The van der Waals surface area contributed by atoms with Crippen molar-refractivity contribution in [3.63, 3.8) is 0 Å². The quantitative estimate of drug-likeness (QED) is 0.666. The van der Waals surface area contributed by atoms with E-state index in [1.54, 1.807) is 0 Å². The lowest BCUT2D eigenvalue weighted by Crippen LogP contribution is -2.29. The van der Waals surface area contributed by atoms with Gasteiger partial charge in [-0.25, -0.2) is 8.42 Å². The van der Waals surface area contributed by atoms with Crippen molar-refractivity contribution in [2.45, 2.75) is 17.9 Å². The van der Waals surface area contributed by atoms with Crippen LogP contribution in [0.3, 0.4) is 0 Å². The molecule has 0 heterocycles. The summed E-state index contributed by atoms with van der Waals surface area (Å²) in [6, 6.07) is 21.4. The van der Waals surface area contributed by atoms with Gasteiger partial charge in [0.15, 0.2) is 9.84 Å². The van der Waals surface area contributed by atoms with Gasteiger partial charge in [-0.1, -0.05) is 71.8 Å². The number of sulfone groups is 1. The molecule has 28 heavy (non-hydrogen) atoms. The van der Waals surface area contributed by atoms with Crippen LogP contribution in [0.15, 0.2) is 77.7 Å². The van der Waals surface area contributed by atoms with Gasteiger partial charge in [-0.2, -0.15) is 0 Å². The monoisotopic (exact) mass is 413 g/mol. The van der Waals surface area contributed by atoms with Gasteiger partial charge < -0.3 is 5.32 Å². The second-order valence-electron chi connectivity index (χ2n) is 6.65. The number of aryl methyl sites for hydroxylation is 1. The van der Waals surface area contributed by atoms with Gasteiger partial charge >= 0.3 is 0 Å². The average Bonchev–Trinajstić information content (AvgIpc) is 2.67. The van der Waals surface area contributed by atoms with Crippen LogP contribution in [0.4, 0.5) is 0 Å². The molecule has 0 fully saturated rings. The molecule has 1 atom stereocenters. The number of hydrogen-bond acceptors (Lipinski definition) is 3. The van der Waals surface area contributed by atoms with Crippen LogP contribution in [-0.4, -0.2) is 20.6 Å². The Labute approximate surface area is 170 Å². The van der Waals surface area contributed by atoms with Gasteiger partial charge in [-0.15, -0.1) is 0 Å². The minimum Gasteiger partial charge on any atom is -0.341 e. The minimum absolute atomic E-state index is 0.0617. The maximum Gasteiger partial charge on any atom is 0.252 e. The van der Waals surface area contributed by atoms with Crippen molar-refractivity contribution in [2.75, 3.05) is 6.26 Å². The summed E-state index contributed by atoms with van der Waals surface area (Å²) in [5.74, 6) is -0.379. The first kappa shape index (κ1) is 20.1. The van der Waals surface area contributed by atoms with Crippen LogP contribution in [-0.2, 0) is 9.84 Å². The third kappa shape index (κ3) is 4.61. The molecule has 3 aromatic carbocycles. The summed E-state index contributed by atoms with van der Waals surface area (Å²) in [7, 11) is -3.54. The Morgan fingerprint density at radius 2 is 1.54 bits per heavy atom. The van der Waals surface area contributed by atoms with E-state index >= 15 is 0 Å². The Hall–Kier alpha value is -2.63. The number of hydrogen-bond donors (Lipinski definition) is 1. The number of rotatable bonds is 5. The molecule has 0 bridgehead atoms. The molecule has 3 aromatic rings. The summed E-state index contributed by atoms with van der Waals surface area (Å²) < 4.78 is 23.8. The number of benzene rings is 3. The summed E-state index contributed by atoms with van der Waals surface area (Å²) in [4.78, 5) is 12.8. The minimum atomic E-state index is -3.54. The third-order valence-electron chi connectivity index (χ3n) is 4.41. The van der Waals surface area contributed by atoms with E-state index in [1.807, 2.05) is 61.5 Å². The zero-order valence-electron chi connectivity index (χ0n) is 15.5. The van der Waals surface area contributed by atoms with Crippen LogP contribution in [0.1, 0.15) is 33.1 Å². The lowest BCUT2D eigenvalue weighted by molar-refractivity contribution is 0.0942. The number of halogens is 1. The standard InChI is InChI=1S/C22H20ClNO3S/c1-15-8-10-17(11-9-15)21(16-6-4-3-5-7-16)24-22(25)18-12-13-19(23)20(14-18)28(2,26)27/h3-14,21H,1-2H3,(H,24,25). The molecule has 6 heteroatoms. The Bertz CT molecular complexity index is 1090. The van der Waals surface area contributed by atoms with Crippen molar-refractivity contribution in [3.05, 3.63) is 100 Å². The van der Waals surface area contributed by atoms with Gasteiger partial charge in [0.05, 0.1) is 16.0 Å². The van der Waals surface area contributed by atoms with E-state index in [9.17, 15) is 13.2 Å². The predicted molar refractivity (Wildman–Crippen MR) is 111 cm³/mol. The van der Waals surface area contributed by atoms with Crippen molar-refractivity contribution in [1.82, 2.24) is 5.32 Å². The highest BCUT2D eigenvalue weighted by molar-refractivity contribution is 7.90. The molecular formula is C22H20ClNO3S. The molecule has 1 unspecified atom stereocenters. The van der Waals surface area contributed by atoms with E-state index in [0.29, 0.717) is 0 Å². The molecule has 0 saturated heterocycles. The van der Waals surface area contributed by atoms with Crippen molar-refractivity contribution >= 4 is 27.3 Å². The third-order valence-corrected chi connectivity index (χ3v) is 5.99. The SMILES string of the molecule is Cc1ccc(C(NC(=O)c2ccc(Cl)c(S(C)(=O)=O)c2)c2ccccc2)cc1. The Balaban J connectivity index is 1.97. The van der Waals surface area contributed by atoms with Crippen LogP contribution >= 0.6 is 11.6 Å². The second-order valence-corrected chi connectivity index (χ2v) is 9.04. The van der Waals surface area contributed by atoms with E-state index in [4.69, 9.17) is 11.6 Å². The molecule has 4 nitrogen and oxygen atoms in total. The van der Waals surface area contributed by atoms with Gasteiger partial charge in [0, 0.05) is 11.8 Å². The number of amides is 1. The maximum atomic E-state index is 12.9. The first-order chi connectivity index (χ1) is 13.3. The van der Waals surface area contributed by atoms with Crippen LogP contribution in [0.5, 0.6) is 0 Å². The van der Waals surface area contributed by atoms with Crippen molar-refractivity contribution in [3.8, 4) is 0 Å². The van der Waals surface area contributed by atoms with Crippen molar-refractivity contribution in [1.29, 1.82) is 0 Å². The van der Waals surface area contributed by atoms with Crippen molar-refractivity contribution < 1.29 is 13.2 Å². The summed E-state index contributed by atoms with van der Waals surface area (Å²) >= 11 is 5.99. The van der Waals surface area contributed by atoms with Gasteiger partial charge in [0.25, 0.3) is 5.91 Å². The van der Waals surface area contributed by atoms with E-state index in [2.05, 4.69) is 5.32 Å². The Morgan fingerprint density at radius 1 is 0.929 bits per heavy atom. The average molecular weight is 414 g/mol. The van der Waals surface area contributed by atoms with Crippen molar-refractivity contribution in [2.24, 2.45) is 0 Å². The molecule has 0 spiro atoms. The summed E-state index contributed by atoms with van der Waals surface area (Å²) in [5.41, 5.74) is 3.22. The maximum absolute atomic E-state index is 12.9. The zero-order valence-corrected chi connectivity index (χ0v) is 17.1. The fourth-order valence-corrected chi connectivity index (χ4v) is 4.21. The lowest BCUT2D eigenvalue weighted by atomic mass is 9.97. The van der Waals surface area contributed by atoms with Gasteiger partial charge in [0.1, 0.15) is 0 Å². The van der Waals surface area contributed by atoms with Gasteiger partial charge in [0.2, 0.25) is 0 Å². The van der Waals surface area contributed by atoms with Crippen LogP contribution in [0, 0.1) is 6.92 Å². The smallest absolute Gasteiger partial charge is 0.252 e. The summed E-state index contributed by atoms with van der Waals surface area (Å²) in [6.45, 7) is 2.00. The van der Waals surface area contributed by atoms with E-state index in [-0.39, 0.29) is 27.4 Å². The number of carbonyl (C=O) groups excluding carboxylic acids is 1. The van der Waals surface area contributed by atoms with E-state index in [0.717, 1.165) is 22.9 Å². The molecule has 1 amide bonds. The predicted octanol–water partition coefficient (Wildman–Crippen LogP) is 4.57. The summed E-state index contributed by atoms with van der Waals surface area (Å²) in [5, 5.41) is 3.10. The first-order valence-electron chi connectivity index (χ1n) is 8.67. The number of carbonyl (C=O) groups is 1. The molecule has 0 radical (unpaired) electrons. The molecule has 0 aliphatic carbocycles. The first-order valence-corrected chi connectivity index (χ1v) is 10.9. The molecule has 1 N–H and O–H groups in total. The summed E-state index contributed by atoms with van der Waals surface area (Å²) in [6.07, 6.45) is 1.06. The van der Waals surface area contributed by atoms with Crippen LogP contribution in [0.25, 0.3) is 0 Å².